The molecule has 2 heterocycles. The number of hydrogen-bond donors (Lipinski definition) is 0. The zero-order valence-corrected chi connectivity index (χ0v) is 17.0. The molecule has 3 aromatic rings. The molecule has 0 atom stereocenters. The fourth-order valence-electron chi connectivity index (χ4n) is 2.98. The van der Waals surface area contributed by atoms with Gasteiger partial charge in [-0.2, -0.15) is 0 Å². The summed E-state index contributed by atoms with van der Waals surface area (Å²) in [7, 11) is 9.95. The third-order valence-electron chi connectivity index (χ3n) is 4.23. The van der Waals surface area contributed by atoms with Crippen LogP contribution in [0.15, 0.2) is 23.8 Å². The van der Waals surface area contributed by atoms with E-state index in [9.17, 15) is 0 Å². The standard InChI is InChI=1S/C19H22N2O5S/c1-21-10-20-15(19-18(26-6)14(24-4)9-27-19)16(21)11-7-12(22-2)17(25-5)13(8-11)23-3/h7-10H,1-6H3. The van der Waals surface area contributed by atoms with Gasteiger partial charge in [-0.05, 0) is 12.1 Å². The Morgan fingerprint density at radius 3 is 1.93 bits per heavy atom. The highest BCUT2D eigenvalue weighted by Crippen LogP contribution is 2.48. The number of aromatic nitrogens is 2. The molecule has 0 aliphatic carbocycles. The van der Waals surface area contributed by atoms with Crippen molar-refractivity contribution in [2.24, 2.45) is 7.05 Å². The van der Waals surface area contributed by atoms with Crippen LogP contribution in [-0.4, -0.2) is 45.1 Å². The number of rotatable bonds is 7. The van der Waals surface area contributed by atoms with Crippen LogP contribution in [0.4, 0.5) is 0 Å². The van der Waals surface area contributed by atoms with E-state index in [1.165, 1.54) is 11.3 Å². The molecular formula is C19H22N2O5S. The first-order chi connectivity index (χ1) is 13.1. The number of benzene rings is 1. The highest BCUT2D eigenvalue weighted by molar-refractivity contribution is 7.14. The van der Waals surface area contributed by atoms with Crippen molar-refractivity contribution in [1.29, 1.82) is 0 Å². The Balaban J connectivity index is 2.23. The normalized spacial score (nSPS) is 10.6. The maximum absolute atomic E-state index is 5.55. The van der Waals surface area contributed by atoms with Crippen LogP contribution in [-0.2, 0) is 7.05 Å². The van der Waals surface area contributed by atoms with Gasteiger partial charge < -0.3 is 28.3 Å². The second-order valence-electron chi connectivity index (χ2n) is 5.63. The molecule has 0 unspecified atom stereocenters. The highest BCUT2D eigenvalue weighted by atomic mass is 32.1. The molecule has 0 aliphatic rings. The first-order valence-electron chi connectivity index (χ1n) is 8.11. The average molecular weight is 390 g/mol. The molecule has 3 rings (SSSR count). The van der Waals surface area contributed by atoms with Gasteiger partial charge in [0, 0.05) is 18.0 Å². The topological polar surface area (TPSA) is 64.0 Å². The maximum atomic E-state index is 5.55. The van der Waals surface area contributed by atoms with Crippen LogP contribution in [0.3, 0.4) is 0 Å². The Bertz CT molecular complexity index is 923. The average Bonchev–Trinajstić information content (AvgIpc) is 3.28. The molecule has 27 heavy (non-hydrogen) atoms. The van der Waals surface area contributed by atoms with E-state index in [2.05, 4.69) is 4.98 Å². The smallest absolute Gasteiger partial charge is 0.203 e. The summed E-state index contributed by atoms with van der Waals surface area (Å²) >= 11 is 1.52. The highest BCUT2D eigenvalue weighted by Gasteiger charge is 2.24. The van der Waals surface area contributed by atoms with E-state index in [4.69, 9.17) is 23.7 Å². The monoisotopic (exact) mass is 390 g/mol. The number of thiophene rings is 1. The molecular weight excluding hydrogens is 368 g/mol. The summed E-state index contributed by atoms with van der Waals surface area (Å²) in [4.78, 5) is 5.48. The van der Waals surface area contributed by atoms with Crippen LogP contribution in [0.2, 0.25) is 0 Å². The van der Waals surface area contributed by atoms with Gasteiger partial charge in [0.25, 0.3) is 0 Å². The fourth-order valence-corrected chi connectivity index (χ4v) is 3.96. The molecule has 0 amide bonds. The Morgan fingerprint density at radius 1 is 0.815 bits per heavy atom. The lowest BCUT2D eigenvalue weighted by Gasteiger charge is -2.15. The first-order valence-corrected chi connectivity index (χ1v) is 8.99. The van der Waals surface area contributed by atoms with Crippen molar-refractivity contribution in [2.45, 2.75) is 0 Å². The van der Waals surface area contributed by atoms with Crippen LogP contribution in [0.25, 0.3) is 21.8 Å². The molecule has 8 heteroatoms. The van der Waals surface area contributed by atoms with Gasteiger partial charge in [0.2, 0.25) is 5.75 Å². The summed E-state index contributed by atoms with van der Waals surface area (Å²) in [5.41, 5.74) is 2.57. The number of nitrogens with zero attached hydrogens (tertiary/aromatic N) is 2. The van der Waals surface area contributed by atoms with Gasteiger partial charge >= 0.3 is 0 Å². The van der Waals surface area contributed by atoms with E-state index in [1.54, 1.807) is 41.9 Å². The molecule has 0 fully saturated rings. The zero-order valence-electron chi connectivity index (χ0n) is 16.2. The summed E-state index contributed by atoms with van der Waals surface area (Å²) in [6.07, 6.45) is 1.76. The lowest BCUT2D eigenvalue weighted by molar-refractivity contribution is 0.324. The van der Waals surface area contributed by atoms with Crippen LogP contribution in [0.1, 0.15) is 0 Å². The van der Waals surface area contributed by atoms with Crippen LogP contribution < -0.4 is 23.7 Å². The molecule has 144 valence electrons. The van der Waals surface area contributed by atoms with E-state index in [0.29, 0.717) is 28.7 Å². The summed E-state index contributed by atoms with van der Waals surface area (Å²) in [5.74, 6) is 3.04. The molecule has 0 spiro atoms. The molecule has 0 bridgehead atoms. The van der Waals surface area contributed by atoms with E-state index in [0.717, 1.165) is 21.8 Å². The molecule has 0 N–H and O–H groups in total. The van der Waals surface area contributed by atoms with Gasteiger partial charge in [0.15, 0.2) is 23.0 Å². The Morgan fingerprint density at radius 2 is 1.41 bits per heavy atom. The Hall–Kier alpha value is -2.87. The minimum Gasteiger partial charge on any atom is -0.493 e. The minimum atomic E-state index is 0.544. The van der Waals surface area contributed by atoms with Gasteiger partial charge in [-0.25, -0.2) is 4.98 Å². The summed E-state index contributed by atoms with van der Waals surface area (Å²) in [5, 5.41) is 1.90. The third-order valence-corrected chi connectivity index (χ3v) is 5.17. The number of aryl methyl sites for hydroxylation is 1. The van der Waals surface area contributed by atoms with Crippen LogP contribution in [0.5, 0.6) is 28.7 Å². The molecule has 1 aromatic carbocycles. The van der Waals surface area contributed by atoms with E-state index < -0.39 is 0 Å². The van der Waals surface area contributed by atoms with E-state index >= 15 is 0 Å². The molecule has 0 aliphatic heterocycles. The van der Waals surface area contributed by atoms with Crippen LogP contribution >= 0.6 is 11.3 Å². The molecule has 2 aromatic heterocycles. The van der Waals surface area contributed by atoms with Crippen molar-refractivity contribution in [3.05, 3.63) is 23.8 Å². The molecule has 0 radical (unpaired) electrons. The van der Waals surface area contributed by atoms with Gasteiger partial charge in [-0.3, -0.25) is 0 Å². The van der Waals surface area contributed by atoms with Crippen molar-refractivity contribution in [2.75, 3.05) is 35.5 Å². The molecule has 0 saturated carbocycles. The van der Waals surface area contributed by atoms with Crippen molar-refractivity contribution in [1.82, 2.24) is 9.55 Å². The van der Waals surface area contributed by atoms with Gasteiger partial charge in [-0.1, -0.05) is 0 Å². The van der Waals surface area contributed by atoms with Crippen molar-refractivity contribution in [3.8, 4) is 50.6 Å². The van der Waals surface area contributed by atoms with Gasteiger partial charge in [0.05, 0.1) is 47.6 Å². The summed E-state index contributed by atoms with van der Waals surface area (Å²) in [6, 6.07) is 3.80. The zero-order chi connectivity index (χ0) is 19.6. The third kappa shape index (κ3) is 3.16. The quantitative estimate of drug-likeness (QED) is 0.610. The van der Waals surface area contributed by atoms with Gasteiger partial charge in [0.1, 0.15) is 10.6 Å². The number of hydrogen-bond acceptors (Lipinski definition) is 7. The predicted molar refractivity (Wildman–Crippen MR) is 105 cm³/mol. The van der Waals surface area contributed by atoms with Crippen LogP contribution in [0, 0.1) is 0 Å². The number of ether oxygens (including phenoxy) is 5. The maximum Gasteiger partial charge on any atom is 0.203 e. The van der Waals surface area contributed by atoms with Crippen molar-refractivity contribution in [3.63, 3.8) is 0 Å². The second-order valence-corrected chi connectivity index (χ2v) is 6.51. The second kappa shape index (κ2) is 7.79. The van der Waals surface area contributed by atoms with Crippen molar-refractivity contribution >= 4 is 11.3 Å². The summed E-state index contributed by atoms with van der Waals surface area (Å²) < 4.78 is 29.3. The first kappa shape index (κ1) is 18.9. The molecule has 7 nitrogen and oxygen atoms in total. The largest absolute Gasteiger partial charge is 0.493 e. The SMILES string of the molecule is COc1cc(-c2c(-c3scc(OC)c3OC)ncn2C)cc(OC)c1OC. The lowest BCUT2D eigenvalue weighted by Crippen LogP contribution is -1.98. The van der Waals surface area contributed by atoms with Gasteiger partial charge in [-0.15, -0.1) is 11.3 Å². The van der Waals surface area contributed by atoms with E-state index in [1.807, 2.05) is 29.1 Å². The number of imidazole rings is 1. The van der Waals surface area contributed by atoms with Crippen molar-refractivity contribution < 1.29 is 23.7 Å². The minimum absolute atomic E-state index is 0.544. The Labute approximate surface area is 162 Å². The predicted octanol–water partition coefficient (Wildman–Crippen LogP) is 3.86. The summed E-state index contributed by atoms with van der Waals surface area (Å²) in [6.45, 7) is 0. The van der Waals surface area contributed by atoms with E-state index in [-0.39, 0.29) is 0 Å². The fraction of sp³-hybridized carbons (Fsp3) is 0.316. The molecule has 0 saturated heterocycles. The lowest BCUT2D eigenvalue weighted by atomic mass is 10.1. The number of methoxy groups -OCH3 is 5. The Kier molecular flexibility index (Phi) is 5.46.